The molecule has 2 fully saturated rings. The zero-order valence-electron chi connectivity index (χ0n) is 13.1. The molecule has 0 aromatic rings. The lowest BCUT2D eigenvalue weighted by Gasteiger charge is -2.37. The molecule has 2 aliphatic heterocycles. The van der Waals surface area contributed by atoms with Crippen molar-refractivity contribution in [3.8, 4) is 0 Å². The fourth-order valence-electron chi connectivity index (χ4n) is 3.13. The van der Waals surface area contributed by atoms with E-state index in [1.165, 1.54) is 25.7 Å². The number of nitrogens with zero attached hydrogens (tertiary/aromatic N) is 3. The Bertz CT molecular complexity index is 313. The van der Waals surface area contributed by atoms with Crippen LogP contribution >= 0.6 is 0 Å². The number of aliphatic imine (C=N–C) groups is 1. The quantitative estimate of drug-likeness (QED) is 0.626. The van der Waals surface area contributed by atoms with E-state index >= 15 is 0 Å². The average Bonchev–Trinajstić information content (AvgIpc) is 2.74. The first kappa shape index (κ1) is 15.6. The molecule has 2 unspecified atom stereocenters. The first-order valence-corrected chi connectivity index (χ1v) is 8.07. The molecule has 2 heterocycles. The number of morpholine rings is 1. The van der Waals surface area contributed by atoms with Crippen molar-refractivity contribution >= 4 is 5.96 Å². The number of hydrogen-bond donors (Lipinski definition) is 1. The van der Waals surface area contributed by atoms with Crippen LogP contribution in [0.1, 0.15) is 39.5 Å². The Morgan fingerprint density at radius 2 is 1.95 bits per heavy atom. The Morgan fingerprint density at radius 1 is 1.25 bits per heavy atom. The smallest absolute Gasteiger partial charge is 0.191 e. The molecule has 2 N–H and O–H groups in total. The fraction of sp³-hybridized carbons (Fsp3) is 0.933. The molecular formula is C15H30N4O. The third-order valence-electron chi connectivity index (χ3n) is 4.43. The normalized spacial score (nSPS) is 28.2. The number of nitrogens with two attached hydrogens (primary N) is 1. The maximum atomic E-state index is 6.16. The monoisotopic (exact) mass is 282 g/mol. The van der Waals surface area contributed by atoms with Crippen molar-refractivity contribution in [1.29, 1.82) is 0 Å². The lowest BCUT2D eigenvalue weighted by Crippen LogP contribution is -2.49. The molecule has 0 bridgehead atoms. The Labute approximate surface area is 123 Å². The molecule has 0 aliphatic carbocycles. The molecule has 0 spiro atoms. The van der Waals surface area contributed by atoms with Crippen molar-refractivity contribution in [2.75, 3.05) is 39.4 Å². The van der Waals surface area contributed by atoms with Crippen molar-refractivity contribution < 1.29 is 4.74 Å². The van der Waals surface area contributed by atoms with Crippen LogP contribution in [-0.4, -0.2) is 67.2 Å². The van der Waals surface area contributed by atoms with Gasteiger partial charge < -0.3 is 15.4 Å². The molecule has 2 rings (SSSR count). The molecular weight excluding hydrogens is 252 g/mol. The zero-order chi connectivity index (χ0) is 14.4. The van der Waals surface area contributed by atoms with Gasteiger partial charge in [0.15, 0.2) is 5.96 Å². The number of guanidine groups is 1. The lowest BCUT2D eigenvalue weighted by atomic mass is 10.2. The molecule has 0 radical (unpaired) electrons. The highest BCUT2D eigenvalue weighted by Gasteiger charge is 2.23. The van der Waals surface area contributed by atoms with Gasteiger partial charge >= 0.3 is 0 Å². The van der Waals surface area contributed by atoms with Gasteiger partial charge in [0.2, 0.25) is 0 Å². The molecule has 5 nitrogen and oxygen atoms in total. The lowest BCUT2D eigenvalue weighted by molar-refractivity contribution is -0.0166. The zero-order valence-corrected chi connectivity index (χ0v) is 13.1. The van der Waals surface area contributed by atoms with Crippen LogP contribution in [0.2, 0.25) is 0 Å². The topological polar surface area (TPSA) is 54.1 Å². The molecule has 116 valence electrons. The minimum Gasteiger partial charge on any atom is -0.379 e. The summed E-state index contributed by atoms with van der Waals surface area (Å²) in [4.78, 5) is 9.36. The van der Waals surface area contributed by atoms with E-state index in [1.807, 2.05) is 0 Å². The van der Waals surface area contributed by atoms with Gasteiger partial charge in [-0.15, -0.1) is 0 Å². The molecule has 2 aliphatic rings. The minimum absolute atomic E-state index is 0.430. The molecule has 0 saturated carbocycles. The van der Waals surface area contributed by atoms with Gasteiger partial charge in [0, 0.05) is 31.7 Å². The van der Waals surface area contributed by atoms with Crippen LogP contribution in [-0.2, 0) is 4.74 Å². The summed E-state index contributed by atoms with van der Waals surface area (Å²) in [5.74, 6) is 0.736. The van der Waals surface area contributed by atoms with E-state index in [-0.39, 0.29) is 0 Å². The SMILES string of the molecule is CC(CN=C(N)N1CCCCCC1)N1CCOCC1C. The summed E-state index contributed by atoms with van der Waals surface area (Å²) in [7, 11) is 0. The van der Waals surface area contributed by atoms with E-state index < -0.39 is 0 Å². The van der Waals surface area contributed by atoms with Gasteiger partial charge in [0.05, 0.1) is 19.8 Å². The number of rotatable bonds is 3. The van der Waals surface area contributed by atoms with Gasteiger partial charge in [-0.25, -0.2) is 0 Å². The van der Waals surface area contributed by atoms with Crippen molar-refractivity contribution in [3.63, 3.8) is 0 Å². The van der Waals surface area contributed by atoms with Crippen LogP contribution in [0, 0.1) is 0 Å². The average molecular weight is 282 g/mol. The van der Waals surface area contributed by atoms with Gasteiger partial charge in [-0.3, -0.25) is 9.89 Å². The van der Waals surface area contributed by atoms with Gasteiger partial charge in [-0.05, 0) is 26.7 Å². The second-order valence-corrected chi connectivity index (χ2v) is 6.11. The highest BCUT2D eigenvalue weighted by Crippen LogP contribution is 2.12. The second-order valence-electron chi connectivity index (χ2n) is 6.11. The van der Waals surface area contributed by atoms with Crippen LogP contribution in [0.15, 0.2) is 4.99 Å². The largest absolute Gasteiger partial charge is 0.379 e. The summed E-state index contributed by atoms with van der Waals surface area (Å²) in [5, 5.41) is 0. The summed E-state index contributed by atoms with van der Waals surface area (Å²) >= 11 is 0. The van der Waals surface area contributed by atoms with E-state index in [4.69, 9.17) is 10.5 Å². The van der Waals surface area contributed by atoms with Gasteiger partial charge in [-0.1, -0.05) is 12.8 Å². The van der Waals surface area contributed by atoms with Crippen LogP contribution in [0.4, 0.5) is 0 Å². The van der Waals surface area contributed by atoms with Gasteiger partial charge in [0.1, 0.15) is 0 Å². The number of ether oxygens (including phenoxy) is 1. The second kappa shape index (κ2) is 7.84. The molecule has 20 heavy (non-hydrogen) atoms. The van der Waals surface area contributed by atoms with Crippen molar-refractivity contribution in [2.24, 2.45) is 10.7 Å². The van der Waals surface area contributed by atoms with Crippen molar-refractivity contribution in [3.05, 3.63) is 0 Å². The molecule has 0 amide bonds. The maximum Gasteiger partial charge on any atom is 0.191 e. The summed E-state index contributed by atoms with van der Waals surface area (Å²) in [6.07, 6.45) is 5.13. The summed E-state index contributed by atoms with van der Waals surface area (Å²) in [6.45, 7) is 10.0. The highest BCUT2D eigenvalue weighted by atomic mass is 16.5. The Morgan fingerprint density at radius 3 is 2.60 bits per heavy atom. The summed E-state index contributed by atoms with van der Waals surface area (Å²) < 4.78 is 5.49. The van der Waals surface area contributed by atoms with E-state index in [0.29, 0.717) is 12.1 Å². The predicted molar refractivity (Wildman–Crippen MR) is 83.0 cm³/mol. The summed E-state index contributed by atoms with van der Waals surface area (Å²) in [5.41, 5.74) is 6.16. The van der Waals surface area contributed by atoms with Crippen LogP contribution < -0.4 is 5.73 Å². The summed E-state index contributed by atoms with van der Waals surface area (Å²) in [6, 6.07) is 0.910. The first-order valence-electron chi connectivity index (χ1n) is 8.07. The Kier molecular flexibility index (Phi) is 6.10. The van der Waals surface area contributed by atoms with Gasteiger partial charge in [-0.2, -0.15) is 0 Å². The van der Waals surface area contributed by atoms with Crippen LogP contribution in [0.5, 0.6) is 0 Å². The van der Waals surface area contributed by atoms with Crippen LogP contribution in [0.25, 0.3) is 0 Å². The van der Waals surface area contributed by atoms with E-state index in [2.05, 4.69) is 28.6 Å². The maximum absolute atomic E-state index is 6.16. The van der Waals surface area contributed by atoms with E-state index in [1.54, 1.807) is 0 Å². The molecule has 2 saturated heterocycles. The molecule has 0 aromatic heterocycles. The fourth-order valence-corrected chi connectivity index (χ4v) is 3.13. The number of hydrogen-bond acceptors (Lipinski definition) is 3. The van der Waals surface area contributed by atoms with E-state index in [9.17, 15) is 0 Å². The third kappa shape index (κ3) is 4.35. The van der Waals surface area contributed by atoms with E-state index in [0.717, 1.165) is 45.4 Å². The van der Waals surface area contributed by atoms with Crippen LogP contribution in [0.3, 0.4) is 0 Å². The molecule has 2 atom stereocenters. The first-order chi connectivity index (χ1) is 9.68. The predicted octanol–water partition coefficient (Wildman–Crippen LogP) is 1.29. The molecule has 5 heteroatoms. The minimum atomic E-state index is 0.430. The molecule has 0 aromatic carbocycles. The van der Waals surface area contributed by atoms with Gasteiger partial charge in [0.25, 0.3) is 0 Å². The Hall–Kier alpha value is -0.810. The highest BCUT2D eigenvalue weighted by molar-refractivity contribution is 5.78. The standard InChI is InChI=1S/C15H30N4O/c1-13(19-9-10-20-12-14(19)2)11-17-15(16)18-7-5-3-4-6-8-18/h13-14H,3-12H2,1-2H3,(H2,16,17). The van der Waals surface area contributed by atoms with Crippen molar-refractivity contribution in [2.45, 2.75) is 51.6 Å². The third-order valence-corrected chi connectivity index (χ3v) is 4.43. The number of likely N-dealkylation sites (tertiary alicyclic amines) is 1. The Balaban J connectivity index is 1.83. The van der Waals surface area contributed by atoms with Crippen molar-refractivity contribution in [1.82, 2.24) is 9.80 Å².